The lowest BCUT2D eigenvalue weighted by atomic mass is 10.3. The third-order valence-corrected chi connectivity index (χ3v) is 4.76. The first-order valence-corrected chi connectivity index (χ1v) is 7.54. The Kier molecular flexibility index (Phi) is 3.83. The minimum absolute atomic E-state index is 0.287. The monoisotopic (exact) mass is 353 g/mol. The molecule has 16 heavy (non-hydrogen) atoms. The Labute approximate surface area is 109 Å². The number of hydroxylamine groups is 1. The van der Waals surface area contributed by atoms with Gasteiger partial charge in [-0.05, 0) is 59.7 Å². The van der Waals surface area contributed by atoms with Crippen molar-refractivity contribution in [1.29, 1.82) is 0 Å². The van der Waals surface area contributed by atoms with Gasteiger partial charge >= 0.3 is 0 Å². The van der Waals surface area contributed by atoms with Crippen molar-refractivity contribution in [2.24, 2.45) is 0 Å². The van der Waals surface area contributed by atoms with Gasteiger partial charge in [0, 0.05) is 10.1 Å². The molecule has 1 heterocycles. The lowest BCUT2D eigenvalue weighted by Gasteiger charge is -2.25. The quantitative estimate of drug-likeness (QED) is 0.765. The molecule has 1 aliphatic heterocycles. The van der Waals surface area contributed by atoms with Crippen molar-refractivity contribution in [3.05, 3.63) is 27.8 Å². The number of benzene rings is 1. The number of halogens is 1. The largest absolute Gasteiger partial charge is 0.284 e. The van der Waals surface area contributed by atoms with Gasteiger partial charge < -0.3 is 0 Å². The van der Waals surface area contributed by atoms with Gasteiger partial charge in [0.15, 0.2) is 0 Å². The van der Waals surface area contributed by atoms with Crippen molar-refractivity contribution in [3.8, 4) is 0 Å². The second kappa shape index (κ2) is 4.99. The highest BCUT2D eigenvalue weighted by molar-refractivity contribution is 14.1. The van der Waals surface area contributed by atoms with E-state index in [1.807, 2.05) is 0 Å². The van der Waals surface area contributed by atoms with E-state index in [1.54, 1.807) is 24.3 Å². The molecule has 6 heteroatoms. The predicted octanol–water partition coefficient (Wildman–Crippen LogP) is 2.01. The lowest BCUT2D eigenvalue weighted by molar-refractivity contribution is -0.108. The molecule has 88 valence electrons. The van der Waals surface area contributed by atoms with E-state index in [4.69, 9.17) is 4.84 Å². The molecule has 0 atom stereocenters. The van der Waals surface area contributed by atoms with Crippen LogP contribution in [0.15, 0.2) is 29.2 Å². The van der Waals surface area contributed by atoms with Gasteiger partial charge in [0.25, 0.3) is 10.0 Å². The zero-order valence-corrected chi connectivity index (χ0v) is 11.6. The summed E-state index contributed by atoms with van der Waals surface area (Å²) in [5, 5.41) is 0. The summed E-state index contributed by atoms with van der Waals surface area (Å²) in [4.78, 5) is 5.46. The van der Waals surface area contributed by atoms with Crippen LogP contribution in [0.25, 0.3) is 0 Å². The number of rotatable bonds is 2. The van der Waals surface area contributed by atoms with Gasteiger partial charge in [0.2, 0.25) is 0 Å². The molecule has 0 amide bonds. The van der Waals surface area contributed by atoms with Crippen molar-refractivity contribution in [3.63, 3.8) is 0 Å². The van der Waals surface area contributed by atoms with Crippen molar-refractivity contribution in [2.45, 2.75) is 17.7 Å². The first-order valence-electron chi connectivity index (χ1n) is 5.02. The van der Waals surface area contributed by atoms with E-state index in [-0.39, 0.29) is 4.90 Å². The summed E-state index contributed by atoms with van der Waals surface area (Å²) < 4.78 is 26.3. The second-order valence-electron chi connectivity index (χ2n) is 3.53. The van der Waals surface area contributed by atoms with Gasteiger partial charge in [0.1, 0.15) is 0 Å². The molecule has 0 saturated carbocycles. The summed E-state index contributed by atoms with van der Waals surface area (Å²) in [6, 6.07) is 6.76. The van der Waals surface area contributed by atoms with Crippen LogP contribution in [0, 0.1) is 3.57 Å². The Bertz CT molecular complexity index is 451. The maximum absolute atomic E-state index is 12.1. The van der Waals surface area contributed by atoms with Crippen molar-refractivity contribution >= 4 is 32.6 Å². The Hall–Kier alpha value is -0.180. The SMILES string of the molecule is O=S(=O)(c1ccc(I)cc1)N1CCCCO1. The molecular formula is C10H12INO3S. The molecule has 0 spiro atoms. The van der Waals surface area contributed by atoms with Gasteiger partial charge in [-0.3, -0.25) is 4.84 Å². The minimum atomic E-state index is -3.47. The van der Waals surface area contributed by atoms with E-state index in [2.05, 4.69) is 22.6 Å². The van der Waals surface area contributed by atoms with Crippen LogP contribution in [0.5, 0.6) is 0 Å². The van der Waals surface area contributed by atoms with E-state index < -0.39 is 10.0 Å². The number of hydrogen-bond donors (Lipinski definition) is 0. The van der Waals surface area contributed by atoms with Crippen LogP contribution < -0.4 is 0 Å². The number of hydrogen-bond acceptors (Lipinski definition) is 3. The van der Waals surface area contributed by atoms with Crippen LogP contribution in [0.4, 0.5) is 0 Å². The Morgan fingerprint density at radius 3 is 2.44 bits per heavy atom. The van der Waals surface area contributed by atoms with Crippen molar-refractivity contribution < 1.29 is 13.3 Å². The van der Waals surface area contributed by atoms with Gasteiger partial charge in [0.05, 0.1) is 11.5 Å². The van der Waals surface area contributed by atoms with Crippen molar-refractivity contribution in [2.75, 3.05) is 13.2 Å². The van der Waals surface area contributed by atoms with Crippen molar-refractivity contribution in [1.82, 2.24) is 4.47 Å². The van der Waals surface area contributed by atoms with E-state index in [9.17, 15) is 8.42 Å². The summed E-state index contributed by atoms with van der Waals surface area (Å²) >= 11 is 2.14. The van der Waals surface area contributed by atoms with Gasteiger partial charge in [-0.25, -0.2) is 8.42 Å². The van der Waals surface area contributed by atoms with E-state index in [0.717, 1.165) is 20.9 Å². The maximum Gasteiger partial charge on any atom is 0.265 e. The lowest BCUT2D eigenvalue weighted by Crippen LogP contribution is -2.35. The first-order chi connectivity index (χ1) is 7.60. The maximum atomic E-state index is 12.1. The van der Waals surface area contributed by atoms with Gasteiger partial charge in [-0.15, -0.1) is 0 Å². The molecule has 1 aromatic carbocycles. The highest BCUT2D eigenvalue weighted by atomic mass is 127. The summed E-state index contributed by atoms with van der Waals surface area (Å²) in [6.45, 7) is 0.915. The van der Waals surface area contributed by atoms with Crippen LogP contribution >= 0.6 is 22.6 Å². The van der Waals surface area contributed by atoms with Gasteiger partial charge in [-0.2, -0.15) is 0 Å². The summed E-state index contributed by atoms with van der Waals surface area (Å²) in [7, 11) is -3.47. The van der Waals surface area contributed by atoms with E-state index >= 15 is 0 Å². The number of nitrogens with zero attached hydrogens (tertiary/aromatic N) is 1. The van der Waals surface area contributed by atoms with Gasteiger partial charge in [-0.1, -0.05) is 4.47 Å². The third kappa shape index (κ3) is 2.55. The van der Waals surface area contributed by atoms with E-state index in [0.29, 0.717) is 13.2 Å². The highest BCUT2D eigenvalue weighted by Gasteiger charge is 2.26. The summed E-state index contributed by atoms with van der Waals surface area (Å²) in [5.41, 5.74) is 0. The van der Waals surface area contributed by atoms with Crippen LogP contribution in [0.2, 0.25) is 0 Å². The zero-order chi connectivity index (χ0) is 11.6. The normalized spacial score (nSPS) is 18.6. The standard InChI is InChI=1S/C10H12INO3S/c11-9-3-5-10(6-4-9)16(13,14)12-7-1-2-8-15-12/h3-6H,1-2,7-8H2. The molecule has 1 aliphatic rings. The average molecular weight is 353 g/mol. The Morgan fingerprint density at radius 1 is 1.19 bits per heavy atom. The fraction of sp³-hybridized carbons (Fsp3) is 0.400. The summed E-state index contributed by atoms with van der Waals surface area (Å²) in [6.07, 6.45) is 1.77. The molecule has 2 rings (SSSR count). The van der Waals surface area contributed by atoms with E-state index in [1.165, 1.54) is 0 Å². The molecular weight excluding hydrogens is 341 g/mol. The summed E-state index contributed by atoms with van der Waals surface area (Å²) in [5.74, 6) is 0. The number of sulfonamides is 1. The Balaban J connectivity index is 2.27. The fourth-order valence-electron chi connectivity index (χ4n) is 1.49. The third-order valence-electron chi connectivity index (χ3n) is 2.35. The average Bonchev–Trinajstić information content (AvgIpc) is 2.31. The molecule has 1 saturated heterocycles. The minimum Gasteiger partial charge on any atom is -0.284 e. The van der Waals surface area contributed by atoms with Crippen LogP contribution in [0.3, 0.4) is 0 Å². The molecule has 1 aromatic rings. The van der Waals surface area contributed by atoms with Crippen LogP contribution in [-0.4, -0.2) is 26.0 Å². The Morgan fingerprint density at radius 2 is 1.88 bits per heavy atom. The molecule has 0 aromatic heterocycles. The molecule has 4 nitrogen and oxygen atoms in total. The topological polar surface area (TPSA) is 46.6 Å². The fourth-order valence-corrected chi connectivity index (χ4v) is 3.15. The zero-order valence-electron chi connectivity index (χ0n) is 8.60. The van der Waals surface area contributed by atoms with Crippen LogP contribution in [0.1, 0.15) is 12.8 Å². The molecule has 0 N–H and O–H groups in total. The molecule has 0 radical (unpaired) electrons. The molecule has 0 aliphatic carbocycles. The molecule has 0 unspecified atom stereocenters. The second-order valence-corrected chi connectivity index (χ2v) is 6.60. The molecule has 1 fully saturated rings. The highest BCUT2D eigenvalue weighted by Crippen LogP contribution is 2.20. The first kappa shape index (κ1) is 12.3. The predicted molar refractivity (Wildman–Crippen MR) is 68.2 cm³/mol. The smallest absolute Gasteiger partial charge is 0.265 e. The van der Waals surface area contributed by atoms with Crippen LogP contribution in [-0.2, 0) is 14.9 Å². The molecule has 0 bridgehead atoms.